The number of rotatable bonds is 4. The molecule has 1 aromatic rings. The first-order valence-corrected chi connectivity index (χ1v) is 6.21. The van der Waals surface area contributed by atoms with E-state index >= 15 is 0 Å². The van der Waals surface area contributed by atoms with Crippen molar-refractivity contribution in [3.05, 3.63) is 23.4 Å². The Morgan fingerprint density at radius 3 is 2.89 bits per heavy atom. The lowest BCUT2D eigenvalue weighted by Gasteiger charge is -2.16. The lowest BCUT2D eigenvalue weighted by molar-refractivity contribution is 0.0697. The summed E-state index contributed by atoms with van der Waals surface area (Å²) in [6.45, 7) is 2.39. The van der Waals surface area contributed by atoms with Gasteiger partial charge in [0, 0.05) is 18.2 Å². The molecule has 2 atom stereocenters. The van der Waals surface area contributed by atoms with Crippen LogP contribution in [0.2, 0.25) is 0 Å². The molecule has 5 heteroatoms. The standard InChI is InChI=1S/C13H18N2O3/c1-8-5-6-10(13(17)18)12(15-8)14-7-9-3-2-4-11(9)16/h5-6,9,11,16H,2-4,7H2,1H3,(H,14,15)(H,17,18). The summed E-state index contributed by atoms with van der Waals surface area (Å²) >= 11 is 0. The van der Waals surface area contributed by atoms with Gasteiger partial charge >= 0.3 is 5.97 Å². The van der Waals surface area contributed by atoms with E-state index in [1.807, 2.05) is 6.92 Å². The van der Waals surface area contributed by atoms with Gasteiger partial charge in [0.2, 0.25) is 0 Å². The van der Waals surface area contributed by atoms with E-state index in [9.17, 15) is 9.90 Å². The first kappa shape index (κ1) is 12.8. The molecule has 0 saturated heterocycles. The summed E-state index contributed by atoms with van der Waals surface area (Å²) in [6.07, 6.45) is 2.55. The third kappa shape index (κ3) is 2.79. The Hall–Kier alpha value is -1.62. The van der Waals surface area contributed by atoms with Crippen molar-refractivity contribution in [2.24, 2.45) is 5.92 Å². The van der Waals surface area contributed by atoms with E-state index in [0.717, 1.165) is 25.0 Å². The van der Waals surface area contributed by atoms with Crippen molar-refractivity contribution < 1.29 is 15.0 Å². The highest BCUT2D eigenvalue weighted by atomic mass is 16.4. The van der Waals surface area contributed by atoms with Crippen LogP contribution in [0.15, 0.2) is 12.1 Å². The number of anilines is 1. The molecule has 1 fully saturated rings. The monoisotopic (exact) mass is 250 g/mol. The highest BCUT2D eigenvalue weighted by molar-refractivity contribution is 5.93. The van der Waals surface area contributed by atoms with Crippen molar-refractivity contribution in [3.63, 3.8) is 0 Å². The minimum atomic E-state index is -0.989. The zero-order chi connectivity index (χ0) is 13.1. The number of aromatic nitrogens is 1. The van der Waals surface area contributed by atoms with E-state index < -0.39 is 5.97 Å². The molecule has 3 N–H and O–H groups in total. The quantitative estimate of drug-likeness (QED) is 0.757. The average molecular weight is 250 g/mol. The molecular weight excluding hydrogens is 232 g/mol. The predicted octanol–water partition coefficient (Wildman–Crippen LogP) is 1.66. The number of nitrogens with one attached hydrogen (secondary N) is 1. The third-order valence-electron chi connectivity index (χ3n) is 3.42. The molecule has 0 spiro atoms. The first-order chi connectivity index (χ1) is 8.58. The number of hydrogen-bond donors (Lipinski definition) is 3. The van der Waals surface area contributed by atoms with Crippen LogP contribution < -0.4 is 5.32 Å². The van der Waals surface area contributed by atoms with Gasteiger partial charge in [-0.05, 0) is 31.9 Å². The lowest BCUT2D eigenvalue weighted by atomic mass is 10.1. The number of carbonyl (C=O) groups is 1. The van der Waals surface area contributed by atoms with Crippen LogP contribution in [0.5, 0.6) is 0 Å². The van der Waals surface area contributed by atoms with Crippen LogP contribution >= 0.6 is 0 Å². The average Bonchev–Trinajstić information content (AvgIpc) is 2.72. The van der Waals surface area contributed by atoms with Crippen molar-refractivity contribution >= 4 is 11.8 Å². The molecule has 1 heterocycles. The molecule has 1 aliphatic rings. The van der Waals surface area contributed by atoms with Gasteiger partial charge in [-0.25, -0.2) is 9.78 Å². The predicted molar refractivity (Wildman–Crippen MR) is 67.8 cm³/mol. The van der Waals surface area contributed by atoms with Gasteiger partial charge in [0.05, 0.1) is 6.10 Å². The van der Waals surface area contributed by atoms with Crippen LogP contribution in [0.3, 0.4) is 0 Å². The zero-order valence-corrected chi connectivity index (χ0v) is 10.4. The van der Waals surface area contributed by atoms with Crippen LogP contribution in [-0.2, 0) is 0 Å². The van der Waals surface area contributed by atoms with E-state index in [4.69, 9.17) is 5.11 Å². The Balaban J connectivity index is 2.08. The van der Waals surface area contributed by atoms with Crippen molar-refractivity contribution in [1.82, 2.24) is 4.98 Å². The van der Waals surface area contributed by atoms with E-state index in [0.29, 0.717) is 12.4 Å². The molecule has 0 radical (unpaired) electrons. The van der Waals surface area contributed by atoms with E-state index in [2.05, 4.69) is 10.3 Å². The number of hydrogen-bond acceptors (Lipinski definition) is 4. The zero-order valence-electron chi connectivity index (χ0n) is 10.4. The topological polar surface area (TPSA) is 82.5 Å². The Kier molecular flexibility index (Phi) is 3.81. The summed E-state index contributed by atoms with van der Waals surface area (Å²) in [5.41, 5.74) is 0.947. The SMILES string of the molecule is Cc1ccc(C(=O)O)c(NCC2CCCC2O)n1. The molecule has 5 nitrogen and oxygen atoms in total. The van der Waals surface area contributed by atoms with Crippen molar-refractivity contribution in [2.75, 3.05) is 11.9 Å². The molecule has 1 aromatic heterocycles. The second-order valence-electron chi connectivity index (χ2n) is 4.79. The van der Waals surface area contributed by atoms with Crippen LogP contribution in [0.4, 0.5) is 5.82 Å². The molecule has 2 unspecified atom stereocenters. The van der Waals surface area contributed by atoms with E-state index in [1.165, 1.54) is 0 Å². The number of aliphatic hydroxyl groups excluding tert-OH is 1. The fourth-order valence-corrected chi connectivity index (χ4v) is 2.35. The maximum Gasteiger partial charge on any atom is 0.339 e. The molecule has 0 bridgehead atoms. The first-order valence-electron chi connectivity index (χ1n) is 6.21. The molecule has 98 valence electrons. The number of aryl methyl sites for hydroxylation is 1. The molecule has 2 rings (SSSR count). The van der Waals surface area contributed by atoms with Crippen LogP contribution in [0.1, 0.15) is 35.3 Å². The Labute approximate surface area is 106 Å². The van der Waals surface area contributed by atoms with Crippen molar-refractivity contribution in [3.8, 4) is 0 Å². The van der Waals surface area contributed by atoms with Gasteiger partial charge in [-0.15, -0.1) is 0 Å². The fraction of sp³-hybridized carbons (Fsp3) is 0.538. The van der Waals surface area contributed by atoms with E-state index in [-0.39, 0.29) is 17.6 Å². The van der Waals surface area contributed by atoms with Gasteiger partial charge in [-0.2, -0.15) is 0 Å². The molecule has 0 aliphatic heterocycles. The molecule has 18 heavy (non-hydrogen) atoms. The number of aromatic carboxylic acids is 1. The molecule has 1 saturated carbocycles. The summed E-state index contributed by atoms with van der Waals surface area (Å²) in [6, 6.07) is 3.23. The summed E-state index contributed by atoms with van der Waals surface area (Å²) in [4.78, 5) is 15.3. The van der Waals surface area contributed by atoms with Gasteiger partial charge < -0.3 is 15.5 Å². The van der Waals surface area contributed by atoms with E-state index in [1.54, 1.807) is 12.1 Å². The maximum atomic E-state index is 11.1. The van der Waals surface area contributed by atoms with Crippen LogP contribution in [0, 0.1) is 12.8 Å². The number of pyridine rings is 1. The second-order valence-corrected chi connectivity index (χ2v) is 4.79. The summed E-state index contributed by atoms with van der Waals surface area (Å²) in [7, 11) is 0. The maximum absolute atomic E-state index is 11.1. The third-order valence-corrected chi connectivity index (χ3v) is 3.42. The minimum Gasteiger partial charge on any atom is -0.478 e. The van der Waals surface area contributed by atoms with Gasteiger partial charge in [0.15, 0.2) is 0 Å². The molecule has 0 aromatic carbocycles. The fourth-order valence-electron chi connectivity index (χ4n) is 2.35. The van der Waals surface area contributed by atoms with Gasteiger partial charge in [-0.3, -0.25) is 0 Å². The van der Waals surface area contributed by atoms with Gasteiger partial charge in [0.25, 0.3) is 0 Å². The number of carboxylic acid groups (broad SMARTS) is 1. The number of aliphatic hydroxyl groups is 1. The van der Waals surface area contributed by atoms with Gasteiger partial charge in [-0.1, -0.05) is 6.42 Å². The summed E-state index contributed by atoms with van der Waals surface area (Å²) in [5, 5.41) is 21.9. The van der Waals surface area contributed by atoms with Crippen molar-refractivity contribution in [1.29, 1.82) is 0 Å². The number of nitrogens with zero attached hydrogens (tertiary/aromatic N) is 1. The Morgan fingerprint density at radius 2 is 2.28 bits per heavy atom. The minimum absolute atomic E-state index is 0.174. The molecule has 0 amide bonds. The normalized spacial score (nSPS) is 23.0. The highest BCUT2D eigenvalue weighted by Gasteiger charge is 2.25. The number of carboxylic acids is 1. The van der Waals surface area contributed by atoms with Crippen molar-refractivity contribution in [2.45, 2.75) is 32.3 Å². The van der Waals surface area contributed by atoms with Crippen LogP contribution in [-0.4, -0.2) is 33.8 Å². The lowest BCUT2D eigenvalue weighted by Crippen LogP contribution is -2.23. The summed E-state index contributed by atoms with van der Waals surface area (Å²) < 4.78 is 0. The van der Waals surface area contributed by atoms with Crippen LogP contribution in [0.25, 0.3) is 0 Å². The van der Waals surface area contributed by atoms with Gasteiger partial charge in [0.1, 0.15) is 11.4 Å². The summed E-state index contributed by atoms with van der Waals surface area (Å²) in [5.74, 6) is -0.410. The highest BCUT2D eigenvalue weighted by Crippen LogP contribution is 2.26. The molecule has 1 aliphatic carbocycles. The largest absolute Gasteiger partial charge is 0.478 e. The Bertz CT molecular complexity index is 448. The molecular formula is C13H18N2O3. The Morgan fingerprint density at radius 1 is 1.50 bits per heavy atom. The second kappa shape index (κ2) is 5.35. The smallest absolute Gasteiger partial charge is 0.339 e.